The van der Waals surface area contributed by atoms with Gasteiger partial charge in [0.2, 0.25) is 0 Å². The number of hydrogen-bond acceptors (Lipinski definition) is 2. The highest BCUT2D eigenvalue weighted by Crippen LogP contribution is 2.37. The van der Waals surface area contributed by atoms with Gasteiger partial charge in [0.1, 0.15) is 5.75 Å². The number of nitrogens with one attached hydrogen (secondary N) is 1. The average Bonchev–Trinajstić information content (AvgIpc) is 2.84. The van der Waals surface area contributed by atoms with Gasteiger partial charge in [-0.25, -0.2) is 0 Å². The lowest BCUT2D eigenvalue weighted by Gasteiger charge is -2.18. The van der Waals surface area contributed by atoms with E-state index in [0.717, 1.165) is 12.3 Å². The molecular formula is C13H17NO. The molecule has 0 bridgehead atoms. The molecular weight excluding hydrogens is 186 g/mol. The van der Waals surface area contributed by atoms with Crippen LogP contribution in [0.25, 0.3) is 0 Å². The quantitative estimate of drug-likeness (QED) is 0.688. The third-order valence-electron chi connectivity index (χ3n) is 3.84. The molecule has 0 aromatic heterocycles. The molecule has 0 spiro atoms. The smallest absolute Gasteiger partial charge is 0.116 e. The van der Waals surface area contributed by atoms with E-state index in [9.17, 15) is 5.11 Å². The zero-order valence-electron chi connectivity index (χ0n) is 8.87. The third-order valence-corrected chi connectivity index (χ3v) is 3.84. The fourth-order valence-corrected chi connectivity index (χ4v) is 3.02. The minimum absolute atomic E-state index is 0.391. The number of phenols is 1. The summed E-state index contributed by atoms with van der Waals surface area (Å²) < 4.78 is 0. The molecule has 2 N–H and O–H groups in total. The van der Waals surface area contributed by atoms with Crippen LogP contribution < -0.4 is 5.32 Å². The van der Waals surface area contributed by atoms with Crippen LogP contribution in [0.4, 0.5) is 5.69 Å². The predicted molar refractivity (Wildman–Crippen MR) is 61.2 cm³/mol. The van der Waals surface area contributed by atoms with Gasteiger partial charge in [-0.05, 0) is 48.9 Å². The fraction of sp³-hybridized carbons (Fsp3) is 0.538. The predicted octanol–water partition coefficient (Wildman–Crippen LogP) is 2.92. The Bertz CT molecular complexity index is 369. The largest absolute Gasteiger partial charge is 0.508 e. The summed E-state index contributed by atoms with van der Waals surface area (Å²) in [6, 6.07) is 6.28. The Balaban J connectivity index is 1.79. The van der Waals surface area contributed by atoms with E-state index in [1.165, 1.54) is 36.9 Å². The number of hydrogen-bond donors (Lipinski definition) is 2. The summed E-state index contributed by atoms with van der Waals surface area (Å²) in [5.41, 5.74) is 2.51. The van der Waals surface area contributed by atoms with Gasteiger partial charge < -0.3 is 10.4 Å². The molecule has 1 unspecified atom stereocenters. The van der Waals surface area contributed by atoms with E-state index < -0.39 is 0 Å². The van der Waals surface area contributed by atoms with Gasteiger partial charge in [0.05, 0.1) is 0 Å². The molecule has 2 heteroatoms. The summed E-state index contributed by atoms with van der Waals surface area (Å²) in [7, 11) is 0. The van der Waals surface area contributed by atoms with Gasteiger partial charge in [0.25, 0.3) is 0 Å². The van der Waals surface area contributed by atoms with Gasteiger partial charge in [-0.1, -0.05) is 12.8 Å². The highest BCUT2D eigenvalue weighted by molar-refractivity contribution is 5.59. The first kappa shape index (κ1) is 9.08. The zero-order chi connectivity index (χ0) is 10.3. The maximum atomic E-state index is 9.42. The van der Waals surface area contributed by atoms with Crippen LogP contribution in [-0.2, 0) is 6.42 Å². The molecule has 0 radical (unpaired) electrons. The van der Waals surface area contributed by atoms with Crippen molar-refractivity contribution < 1.29 is 5.11 Å². The van der Waals surface area contributed by atoms with Crippen LogP contribution in [0.3, 0.4) is 0 Å². The fourth-order valence-electron chi connectivity index (χ4n) is 3.02. The second-order valence-corrected chi connectivity index (χ2v) is 4.84. The number of anilines is 1. The van der Waals surface area contributed by atoms with E-state index in [1.54, 1.807) is 6.07 Å². The number of benzene rings is 1. The monoisotopic (exact) mass is 203 g/mol. The van der Waals surface area contributed by atoms with Gasteiger partial charge in [-0.2, -0.15) is 0 Å². The molecule has 80 valence electrons. The first-order valence-electron chi connectivity index (χ1n) is 5.91. The summed E-state index contributed by atoms with van der Waals surface area (Å²) in [5, 5.41) is 13.0. The lowest BCUT2D eigenvalue weighted by atomic mass is 9.95. The second kappa shape index (κ2) is 3.44. The molecule has 0 amide bonds. The van der Waals surface area contributed by atoms with Crippen molar-refractivity contribution in [1.29, 1.82) is 0 Å². The Kier molecular flexibility index (Phi) is 2.08. The molecule has 1 atom stereocenters. The maximum Gasteiger partial charge on any atom is 0.116 e. The van der Waals surface area contributed by atoms with Crippen LogP contribution in [0, 0.1) is 5.92 Å². The van der Waals surface area contributed by atoms with Gasteiger partial charge in [0.15, 0.2) is 0 Å². The number of fused-ring (bicyclic) bond motifs is 1. The van der Waals surface area contributed by atoms with Crippen molar-refractivity contribution >= 4 is 5.69 Å². The van der Waals surface area contributed by atoms with Crippen molar-refractivity contribution in [2.75, 3.05) is 5.32 Å². The second-order valence-electron chi connectivity index (χ2n) is 4.84. The average molecular weight is 203 g/mol. The topological polar surface area (TPSA) is 32.3 Å². The molecule has 3 rings (SSSR count). The van der Waals surface area contributed by atoms with E-state index in [4.69, 9.17) is 0 Å². The Morgan fingerprint density at radius 2 is 2.00 bits per heavy atom. The van der Waals surface area contributed by atoms with Crippen LogP contribution in [0.15, 0.2) is 18.2 Å². The molecule has 2 aliphatic rings. The Hall–Kier alpha value is -1.18. The molecule has 2 nitrogen and oxygen atoms in total. The minimum atomic E-state index is 0.391. The Morgan fingerprint density at radius 1 is 1.20 bits per heavy atom. The van der Waals surface area contributed by atoms with Gasteiger partial charge >= 0.3 is 0 Å². The van der Waals surface area contributed by atoms with Crippen LogP contribution in [-0.4, -0.2) is 11.1 Å². The van der Waals surface area contributed by atoms with Crippen molar-refractivity contribution in [1.82, 2.24) is 0 Å². The van der Waals surface area contributed by atoms with Crippen LogP contribution in [0.1, 0.15) is 31.2 Å². The molecule has 1 aliphatic heterocycles. The number of phenolic OH excluding ortho intramolecular Hbond substituents is 1. The maximum absolute atomic E-state index is 9.42. The first-order chi connectivity index (χ1) is 7.33. The third kappa shape index (κ3) is 1.58. The van der Waals surface area contributed by atoms with Crippen LogP contribution in [0.2, 0.25) is 0 Å². The van der Waals surface area contributed by atoms with E-state index in [1.807, 2.05) is 12.1 Å². The number of aromatic hydroxyl groups is 1. The van der Waals surface area contributed by atoms with Crippen molar-refractivity contribution in [2.45, 2.75) is 38.1 Å². The van der Waals surface area contributed by atoms with Crippen molar-refractivity contribution in [3.8, 4) is 5.75 Å². The molecule has 1 saturated carbocycles. The lowest BCUT2D eigenvalue weighted by Crippen LogP contribution is -2.24. The number of rotatable bonds is 1. The van der Waals surface area contributed by atoms with Crippen LogP contribution in [0.5, 0.6) is 5.75 Å². The normalized spacial score (nSPS) is 25.2. The standard InChI is InChI=1S/C13H17NO/c15-11-5-6-12-10(7-11)8-13(14-12)9-3-1-2-4-9/h5-7,9,13-15H,1-4,8H2. The molecule has 15 heavy (non-hydrogen) atoms. The lowest BCUT2D eigenvalue weighted by molar-refractivity contribution is 0.463. The Labute approximate surface area is 90.3 Å². The molecule has 1 heterocycles. The Morgan fingerprint density at radius 3 is 2.80 bits per heavy atom. The van der Waals surface area contributed by atoms with E-state index >= 15 is 0 Å². The summed E-state index contributed by atoms with van der Waals surface area (Å²) >= 11 is 0. The summed E-state index contributed by atoms with van der Waals surface area (Å²) in [6.07, 6.45) is 6.62. The van der Waals surface area contributed by atoms with Gasteiger partial charge in [0, 0.05) is 11.7 Å². The van der Waals surface area contributed by atoms with Gasteiger partial charge in [-0.15, -0.1) is 0 Å². The van der Waals surface area contributed by atoms with E-state index in [-0.39, 0.29) is 0 Å². The van der Waals surface area contributed by atoms with Crippen molar-refractivity contribution in [3.63, 3.8) is 0 Å². The van der Waals surface area contributed by atoms with Crippen molar-refractivity contribution in [2.24, 2.45) is 5.92 Å². The van der Waals surface area contributed by atoms with E-state index in [2.05, 4.69) is 5.32 Å². The van der Waals surface area contributed by atoms with E-state index in [0.29, 0.717) is 11.8 Å². The zero-order valence-corrected chi connectivity index (χ0v) is 8.87. The molecule has 1 aromatic rings. The van der Waals surface area contributed by atoms with Crippen LogP contribution >= 0.6 is 0 Å². The summed E-state index contributed by atoms with van der Waals surface area (Å²) in [6.45, 7) is 0. The summed E-state index contributed by atoms with van der Waals surface area (Å²) in [5.74, 6) is 1.24. The van der Waals surface area contributed by atoms with Gasteiger partial charge in [-0.3, -0.25) is 0 Å². The SMILES string of the molecule is Oc1ccc2c(c1)CC(C1CCCC1)N2. The minimum Gasteiger partial charge on any atom is -0.508 e. The molecule has 1 aliphatic carbocycles. The molecule has 1 aromatic carbocycles. The molecule has 1 fully saturated rings. The summed E-state index contributed by atoms with van der Waals surface area (Å²) in [4.78, 5) is 0. The highest BCUT2D eigenvalue weighted by Gasteiger charge is 2.29. The first-order valence-corrected chi connectivity index (χ1v) is 5.91. The highest BCUT2D eigenvalue weighted by atomic mass is 16.3. The molecule has 0 saturated heterocycles. The van der Waals surface area contributed by atoms with Crippen molar-refractivity contribution in [3.05, 3.63) is 23.8 Å².